The molecule has 3 aromatic heterocycles. The highest BCUT2D eigenvalue weighted by Gasteiger charge is 2.14. The lowest BCUT2D eigenvalue weighted by Gasteiger charge is -2.10. The van der Waals surface area contributed by atoms with Gasteiger partial charge in [0.1, 0.15) is 17.3 Å². The summed E-state index contributed by atoms with van der Waals surface area (Å²) in [7, 11) is 0. The first-order valence-electron chi connectivity index (χ1n) is 12.1. The summed E-state index contributed by atoms with van der Waals surface area (Å²) >= 11 is 0. The van der Waals surface area contributed by atoms with Crippen LogP contribution in [0.3, 0.4) is 0 Å². The van der Waals surface area contributed by atoms with E-state index in [-0.39, 0.29) is 0 Å². The van der Waals surface area contributed by atoms with E-state index in [2.05, 4.69) is 64.4 Å². The molecule has 0 amide bonds. The third-order valence-electron chi connectivity index (χ3n) is 6.47. The van der Waals surface area contributed by atoms with Gasteiger partial charge in [-0.3, -0.25) is 13.7 Å². The van der Waals surface area contributed by atoms with Crippen molar-refractivity contribution in [1.82, 2.24) is 14.1 Å². The molecule has 37 heavy (non-hydrogen) atoms. The molecule has 0 radical (unpaired) electrons. The van der Waals surface area contributed by atoms with Crippen LogP contribution in [0.4, 0.5) is 0 Å². The van der Waals surface area contributed by atoms with Gasteiger partial charge in [-0.2, -0.15) is 0 Å². The number of hydrogen-bond acceptors (Lipinski definition) is 2. The summed E-state index contributed by atoms with van der Waals surface area (Å²) in [5, 5.41) is 2.35. The minimum atomic E-state index is 0.755. The van der Waals surface area contributed by atoms with Gasteiger partial charge in [0.05, 0.1) is 22.4 Å². The highest BCUT2D eigenvalue weighted by molar-refractivity contribution is 6.09. The molecule has 0 fully saturated rings. The Morgan fingerprint density at radius 3 is 2.38 bits per heavy atom. The van der Waals surface area contributed by atoms with Gasteiger partial charge >= 0.3 is 0 Å². The van der Waals surface area contributed by atoms with Crippen molar-refractivity contribution in [2.24, 2.45) is 0 Å². The van der Waals surface area contributed by atoms with E-state index in [1.165, 1.54) is 5.39 Å². The van der Waals surface area contributed by atoms with Crippen LogP contribution in [-0.4, -0.2) is 14.1 Å². The van der Waals surface area contributed by atoms with Gasteiger partial charge in [0.25, 0.3) is 6.33 Å². The Balaban J connectivity index is 1.26. The van der Waals surface area contributed by atoms with Gasteiger partial charge in [-0.25, -0.2) is 4.98 Å². The van der Waals surface area contributed by atoms with Crippen molar-refractivity contribution in [2.75, 3.05) is 0 Å². The zero-order chi connectivity index (χ0) is 24.6. The van der Waals surface area contributed by atoms with E-state index >= 15 is 0 Å². The molecule has 3 heterocycles. The maximum Gasteiger partial charge on any atom is 0.268 e. The Kier molecular flexibility index (Phi) is 5.03. The molecule has 0 atom stereocenters. The van der Waals surface area contributed by atoms with Crippen LogP contribution in [0.1, 0.15) is 0 Å². The first-order valence-corrected chi connectivity index (χ1v) is 12.1. The van der Waals surface area contributed by atoms with Gasteiger partial charge in [-0.1, -0.05) is 48.5 Å². The summed E-state index contributed by atoms with van der Waals surface area (Å²) in [6.45, 7) is 0. The number of benzene rings is 4. The molecule has 5 heteroatoms. The Morgan fingerprint density at radius 2 is 1.49 bits per heavy atom. The van der Waals surface area contributed by atoms with Crippen LogP contribution < -0.4 is 9.30 Å². The van der Waals surface area contributed by atoms with E-state index < -0.39 is 0 Å². The monoisotopic (exact) mass is 478 g/mol. The SMILES string of the molecule is [c-]1n(-c2ccccc2)cc[n+]1-c1cccc(Oc2ccc3c4ccccc4n(-c4ccccn4)c3c2)c1. The topological polar surface area (TPSA) is 35.9 Å². The molecule has 0 aliphatic carbocycles. The molecule has 176 valence electrons. The maximum absolute atomic E-state index is 6.36. The number of hydrogen-bond donors (Lipinski definition) is 0. The van der Waals surface area contributed by atoms with Gasteiger partial charge < -0.3 is 4.74 Å². The number of para-hydroxylation sites is 2. The molecule has 0 unspecified atom stereocenters. The summed E-state index contributed by atoms with van der Waals surface area (Å²) in [4.78, 5) is 4.62. The van der Waals surface area contributed by atoms with Crippen molar-refractivity contribution in [1.29, 1.82) is 0 Å². The quantitative estimate of drug-likeness (QED) is 0.201. The highest BCUT2D eigenvalue weighted by Crippen LogP contribution is 2.34. The fourth-order valence-electron chi connectivity index (χ4n) is 4.77. The number of imidazole rings is 1. The standard InChI is InChI=1S/C32H22N4O/c1-2-9-24(10-3-1)34-19-20-35(23-34)25-11-8-12-26(21-25)37-27-16-17-29-28-13-4-5-14-30(28)36(31(29)22-27)32-15-6-7-18-33-32/h1-22H. The molecular weight excluding hydrogens is 456 g/mol. The van der Waals surface area contributed by atoms with Gasteiger partial charge in [-0.15, -0.1) is 0 Å². The number of fused-ring (bicyclic) bond motifs is 3. The fourth-order valence-corrected chi connectivity index (χ4v) is 4.77. The Morgan fingerprint density at radius 1 is 0.676 bits per heavy atom. The van der Waals surface area contributed by atoms with E-state index in [9.17, 15) is 0 Å². The van der Waals surface area contributed by atoms with Crippen molar-refractivity contribution in [3.8, 4) is 28.7 Å². The first-order chi connectivity index (χ1) is 18.3. The van der Waals surface area contributed by atoms with E-state index in [1.54, 1.807) is 0 Å². The average Bonchev–Trinajstić information content (AvgIpc) is 3.58. The Bertz CT molecular complexity index is 1850. The maximum atomic E-state index is 6.36. The summed E-state index contributed by atoms with van der Waals surface area (Å²) in [5.41, 5.74) is 4.20. The smallest absolute Gasteiger partial charge is 0.268 e. The average molecular weight is 479 g/mol. The zero-order valence-corrected chi connectivity index (χ0v) is 19.9. The molecule has 0 bridgehead atoms. The fraction of sp³-hybridized carbons (Fsp3) is 0. The number of aromatic nitrogens is 4. The highest BCUT2D eigenvalue weighted by atomic mass is 16.5. The third kappa shape index (κ3) is 3.83. The minimum Gasteiger partial charge on any atom is -0.458 e. The lowest BCUT2D eigenvalue weighted by atomic mass is 10.1. The normalized spacial score (nSPS) is 11.2. The molecule has 0 saturated carbocycles. The largest absolute Gasteiger partial charge is 0.458 e. The van der Waals surface area contributed by atoms with Crippen molar-refractivity contribution in [3.05, 3.63) is 140 Å². The van der Waals surface area contributed by atoms with E-state index in [0.717, 1.165) is 45.1 Å². The van der Waals surface area contributed by atoms with Gasteiger partial charge in [0.2, 0.25) is 0 Å². The molecule has 0 aliphatic heterocycles. The van der Waals surface area contributed by atoms with Crippen molar-refractivity contribution >= 4 is 21.8 Å². The predicted octanol–water partition coefficient (Wildman–Crippen LogP) is 6.84. The van der Waals surface area contributed by atoms with Crippen LogP contribution in [0.25, 0.3) is 39.0 Å². The molecule has 5 nitrogen and oxygen atoms in total. The molecular formula is C32H22N4O. The molecule has 0 spiro atoms. The van der Waals surface area contributed by atoms with Gasteiger partial charge in [-0.05, 0) is 60.7 Å². The van der Waals surface area contributed by atoms with Gasteiger partial charge in [0.15, 0.2) is 0 Å². The van der Waals surface area contributed by atoms with Crippen LogP contribution in [0.15, 0.2) is 134 Å². The van der Waals surface area contributed by atoms with Crippen molar-refractivity contribution < 1.29 is 9.30 Å². The second kappa shape index (κ2) is 8.81. The molecule has 4 aromatic carbocycles. The number of ether oxygens (including phenoxy) is 1. The van der Waals surface area contributed by atoms with Crippen molar-refractivity contribution in [2.45, 2.75) is 0 Å². The molecule has 0 aliphatic rings. The summed E-state index contributed by atoms with van der Waals surface area (Å²) in [6, 6.07) is 38.8. The zero-order valence-electron chi connectivity index (χ0n) is 19.9. The lowest BCUT2D eigenvalue weighted by molar-refractivity contribution is -0.599. The van der Waals surface area contributed by atoms with Crippen LogP contribution in [0.2, 0.25) is 0 Å². The van der Waals surface area contributed by atoms with Crippen LogP contribution in [0, 0.1) is 6.33 Å². The Labute approximate surface area is 214 Å². The number of nitrogens with zero attached hydrogens (tertiary/aromatic N) is 4. The Hall–Kier alpha value is -5.16. The van der Waals surface area contributed by atoms with E-state index in [1.807, 2.05) is 94.5 Å². The van der Waals surface area contributed by atoms with Gasteiger partial charge in [0, 0.05) is 35.4 Å². The predicted molar refractivity (Wildman–Crippen MR) is 145 cm³/mol. The summed E-state index contributed by atoms with van der Waals surface area (Å²) in [5.74, 6) is 2.40. The van der Waals surface area contributed by atoms with E-state index in [4.69, 9.17) is 4.74 Å². The summed E-state index contributed by atoms with van der Waals surface area (Å²) in [6.07, 6.45) is 9.17. The van der Waals surface area contributed by atoms with Crippen LogP contribution in [0.5, 0.6) is 11.5 Å². The third-order valence-corrected chi connectivity index (χ3v) is 6.47. The minimum absolute atomic E-state index is 0.755. The molecule has 0 saturated heterocycles. The van der Waals surface area contributed by atoms with E-state index in [0.29, 0.717) is 0 Å². The second-order valence-electron chi connectivity index (χ2n) is 8.79. The first kappa shape index (κ1) is 21.1. The van der Waals surface area contributed by atoms with Crippen molar-refractivity contribution in [3.63, 3.8) is 0 Å². The number of rotatable bonds is 5. The van der Waals surface area contributed by atoms with Crippen LogP contribution in [-0.2, 0) is 0 Å². The summed E-state index contributed by atoms with van der Waals surface area (Å²) < 4.78 is 12.5. The molecule has 7 rings (SSSR count). The van der Waals surface area contributed by atoms with Crippen LogP contribution >= 0.6 is 0 Å². The lowest BCUT2D eigenvalue weighted by Crippen LogP contribution is -2.28. The molecule has 7 aromatic rings. The second-order valence-corrected chi connectivity index (χ2v) is 8.79. The number of pyridine rings is 1. The molecule has 0 N–H and O–H groups in total.